The number of fused-ring (bicyclic) bond motifs is 1. The van der Waals surface area contributed by atoms with Gasteiger partial charge in [0.2, 0.25) is 0 Å². The summed E-state index contributed by atoms with van der Waals surface area (Å²) in [7, 11) is 0. The molecule has 0 fully saturated rings. The molecular formula is C24H21ClN4O3. The number of hydrogen-bond donors (Lipinski definition) is 3. The van der Waals surface area contributed by atoms with E-state index in [0.717, 1.165) is 22.0 Å². The van der Waals surface area contributed by atoms with Gasteiger partial charge in [0.25, 0.3) is 0 Å². The topological polar surface area (TPSA) is 100 Å². The molecule has 0 radical (unpaired) electrons. The van der Waals surface area contributed by atoms with Crippen LogP contribution in [0.1, 0.15) is 16.7 Å². The fraction of sp³-hybridized carbons (Fsp3) is 0.125. The molecule has 0 bridgehead atoms. The van der Waals surface area contributed by atoms with E-state index in [1.165, 1.54) is 6.20 Å². The van der Waals surface area contributed by atoms with E-state index in [2.05, 4.69) is 20.3 Å². The van der Waals surface area contributed by atoms with E-state index in [4.69, 9.17) is 16.3 Å². The standard InChI is InChI=1S/C24H21ClN4O3/c25-23-17(6-5-16-7-9-26-10-8-16)12-20(14-28-23)32-15-19(29-24(30)31)11-18-13-27-22-4-2-1-3-21(18)22/h1-10,12-14,19,27,29H,11,15H2,(H,30,31)/t19-/m0/s1. The first-order valence-corrected chi connectivity index (χ1v) is 10.4. The maximum atomic E-state index is 11.3. The SMILES string of the molecule is O=C(O)N[C@H](COc1cnc(Cl)c(C=Cc2ccncc2)c1)Cc1c[nH]c2ccccc12. The van der Waals surface area contributed by atoms with E-state index in [9.17, 15) is 9.90 Å². The van der Waals surface area contributed by atoms with Crippen LogP contribution in [0.5, 0.6) is 5.75 Å². The van der Waals surface area contributed by atoms with Crippen molar-refractivity contribution in [2.45, 2.75) is 12.5 Å². The molecule has 3 aromatic heterocycles. The van der Waals surface area contributed by atoms with Crippen molar-refractivity contribution in [1.82, 2.24) is 20.3 Å². The number of benzene rings is 1. The molecule has 3 heterocycles. The van der Waals surface area contributed by atoms with Crippen molar-refractivity contribution in [2.75, 3.05) is 6.61 Å². The van der Waals surface area contributed by atoms with Gasteiger partial charge in [-0.1, -0.05) is 42.0 Å². The lowest BCUT2D eigenvalue weighted by Gasteiger charge is -2.18. The van der Waals surface area contributed by atoms with E-state index in [1.807, 2.05) is 54.7 Å². The molecule has 8 heteroatoms. The van der Waals surface area contributed by atoms with E-state index in [-0.39, 0.29) is 6.61 Å². The molecule has 0 unspecified atom stereocenters. The summed E-state index contributed by atoms with van der Waals surface area (Å²) >= 11 is 6.22. The number of pyridine rings is 2. The van der Waals surface area contributed by atoms with Crippen molar-refractivity contribution < 1.29 is 14.6 Å². The number of nitrogens with one attached hydrogen (secondary N) is 2. The van der Waals surface area contributed by atoms with Crippen LogP contribution in [0.25, 0.3) is 23.1 Å². The number of aromatic nitrogens is 3. The summed E-state index contributed by atoms with van der Waals surface area (Å²) < 4.78 is 5.88. The number of ether oxygens (including phenoxy) is 1. The van der Waals surface area contributed by atoms with Crippen LogP contribution in [0.2, 0.25) is 5.15 Å². The van der Waals surface area contributed by atoms with Crippen molar-refractivity contribution in [3.05, 3.63) is 89.1 Å². The number of hydrogen-bond acceptors (Lipinski definition) is 4. The Bertz CT molecular complexity index is 1240. The van der Waals surface area contributed by atoms with Gasteiger partial charge in [0.1, 0.15) is 17.5 Å². The first-order chi connectivity index (χ1) is 15.6. The van der Waals surface area contributed by atoms with Crippen LogP contribution in [0.3, 0.4) is 0 Å². The Morgan fingerprint density at radius 3 is 2.84 bits per heavy atom. The largest absolute Gasteiger partial charge is 0.490 e. The number of amides is 1. The summed E-state index contributed by atoms with van der Waals surface area (Å²) in [5, 5.41) is 13.2. The molecule has 1 amide bonds. The Morgan fingerprint density at radius 1 is 1.22 bits per heavy atom. The molecule has 4 aromatic rings. The predicted molar refractivity (Wildman–Crippen MR) is 125 cm³/mol. The predicted octanol–water partition coefficient (Wildman–Crippen LogP) is 5.04. The van der Waals surface area contributed by atoms with Gasteiger partial charge in [0, 0.05) is 35.1 Å². The van der Waals surface area contributed by atoms with Gasteiger partial charge in [0.15, 0.2) is 0 Å². The van der Waals surface area contributed by atoms with E-state index < -0.39 is 12.1 Å². The molecule has 0 saturated heterocycles. The lowest BCUT2D eigenvalue weighted by Crippen LogP contribution is -2.39. The minimum atomic E-state index is -1.10. The number of para-hydroxylation sites is 1. The molecule has 1 aromatic carbocycles. The summed E-state index contributed by atoms with van der Waals surface area (Å²) in [6.45, 7) is 0.141. The molecular weight excluding hydrogens is 428 g/mol. The Balaban J connectivity index is 1.47. The van der Waals surface area contributed by atoms with Crippen LogP contribution >= 0.6 is 11.6 Å². The Kier molecular flexibility index (Phi) is 6.67. The highest BCUT2D eigenvalue weighted by molar-refractivity contribution is 6.31. The van der Waals surface area contributed by atoms with Gasteiger partial charge in [-0.15, -0.1) is 0 Å². The second-order valence-corrected chi connectivity index (χ2v) is 7.54. The third-order valence-corrected chi connectivity index (χ3v) is 5.24. The van der Waals surface area contributed by atoms with E-state index in [1.54, 1.807) is 18.5 Å². The number of aromatic amines is 1. The minimum absolute atomic E-state index is 0.141. The fourth-order valence-electron chi connectivity index (χ4n) is 3.39. The van der Waals surface area contributed by atoms with Crippen molar-refractivity contribution >= 4 is 40.7 Å². The Hall–Kier alpha value is -3.84. The Labute approximate surface area is 189 Å². The summed E-state index contributed by atoms with van der Waals surface area (Å²) in [6.07, 6.45) is 9.96. The van der Waals surface area contributed by atoms with Crippen molar-refractivity contribution in [1.29, 1.82) is 0 Å². The van der Waals surface area contributed by atoms with Gasteiger partial charge < -0.3 is 20.1 Å². The molecule has 4 rings (SSSR count). The van der Waals surface area contributed by atoms with Gasteiger partial charge in [0.05, 0.1) is 12.2 Å². The second-order valence-electron chi connectivity index (χ2n) is 7.19. The molecule has 32 heavy (non-hydrogen) atoms. The van der Waals surface area contributed by atoms with Crippen molar-refractivity contribution in [3.63, 3.8) is 0 Å². The summed E-state index contributed by atoms with van der Waals surface area (Å²) in [6, 6.07) is 13.0. The van der Waals surface area contributed by atoms with Crippen molar-refractivity contribution in [2.24, 2.45) is 0 Å². The van der Waals surface area contributed by atoms with E-state index >= 15 is 0 Å². The van der Waals surface area contributed by atoms with Gasteiger partial charge >= 0.3 is 6.09 Å². The molecule has 0 aliphatic heterocycles. The molecule has 1 atom stereocenters. The highest BCUT2D eigenvalue weighted by Gasteiger charge is 2.16. The highest BCUT2D eigenvalue weighted by Crippen LogP contribution is 2.23. The van der Waals surface area contributed by atoms with Crippen molar-refractivity contribution in [3.8, 4) is 5.75 Å². The highest BCUT2D eigenvalue weighted by atomic mass is 35.5. The van der Waals surface area contributed by atoms with Crippen LogP contribution in [0, 0.1) is 0 Å². The first-order valence-electron chi connectivity index (χ1n) is 9.99. The normalized spacial score (nSPS) is 12.2. The van der Waals surface area contributed by atoms with Crippen LogP contribution in [-0.4, -0.2) is 38.8 Å². The average molecular weight is 449 g/mol. The van der Waals surface area contributed by atoms with Gasteiger partial charge in [-0.3, -0.25) is 4.98 Å². The van der Waals surface area contributed by atoms with Crippen LogP contribution in [-0.2, 0) is 6.42 Å². The summed E-state index contributed by atoms with van der Waals surface area (Å²) in [5.74, 6) is 0.500. The lowest BCUT2D eigenvalue weighted by molar-refractivity contribution is 0.181. The molecule has 0 saturated carbocycles. The maximum Gasteiger partial charge on any atom is 0.405 e. The number of nitrogens with zero attached hydrogens (tertiary/aromatic N) is 2. The Morgan fingerprint density at radius 2 is 2.03 bits per heavy atom. The fourth-order valence-corrected chi connectivity index (χ4v) is 3.56. The average Bonchev–Trinajstić information content (AvgIpc) is 3.20. The zero-order valence-corrected chi connectivity index (χ0v) is 17.8. The van der Waals surface area contributed by atoms with E-state index in [0.29, 0.717) is 22.9 Å². The zero-order chi connectivity index (χ0) is 22.3. The number of carbonyl (C=O) groups is 1. The lowest BCUT2D eigenvalue weighted by atomic mass is 10.1. The molecule has 0 aliphatic rings. The first kappa shape index (κ1) is 21.4. The zero-order valence-electron chi connectivity index (χ0n) is 17.0. The molecule has 0 aliphatic carbocycles. The number of carboxylic acid groups (broad SMARTS) is 1. The maximum absolute atomic E-state index is 11.3. The third-order valence-electron chi connectivity index (χ3n) is 4.92. The molecule has 0 spiro atoms. The summed E-state index contributed by atoms with van der Waals surface area (Å²) in [4.78, 5) is 22.7. The minimum Gasteiger partial charge on any atom is -0.490 e. The van der Waals surface area contributed by atoms with Crippen LogP contribution in [0.4, 0.5) is 4.79 Å². The number of halogens is 1. The van der Waals surface area contributed by atoms with Crippen LogP contribution < -0.4 is 10.1 Å². The van der Waals surface area contributed by atoms with Gasteiger partial charge in [-0.05, 0) is 41.8 Å². The quantitative estimate of drug-likeness (QED) is 0.328. The monoisotopic (exact) mass is 448 g/mol. The number of H-pyrrole nitrogens is 1. The second kappa shape index (κ2) is 9.98. The van der Waals surface area contributed by atoms with Crippen LogP contribution in [0.15, 0.2) is 67.3 Å². The smallest absolute Gasteiger partial charge is 0.405 e. The molecule has 7 nitrogen and oxygen atoms in total. The third kappa shape index (κ3) is 5.44. The van der Waals surface area contributed by atoms with Gasteiger partial charge in [-0.25, -0.2) is 9.78 Å². The molecule has 162 valence electrons. The van der Waals surface area contributed by atoms with Gasteiger partial charge in [-0.2, -0.15) is 0 Å². The summed E-state index contributed by atoms with van der Waals surface area (Å²) in [5.41, 5.74) is 3.69. The number of rotatable bonds is 8. The molecule has 3 N–H and O–H groups in total.